The minimum Gasteiger partial charge on any atom is -0.467 e. The Balaban J connectivity index is 1.66. The second-order valence-corrected chi connectivity index (χ2v) is 12.5. The third-order valence-corrected chi connectivity index (χ3v) is 7.86. The van der Waals surface area contributed by atoms with Crippen molar-refractivity contribution in [3.05, 3.63) is 38.8 Å². The molecule has 236 valence electrons. The van der Waals surface area contributed by atoms with Crippen LogP contribution in [-0.4, -0.2) is 81.3 Å². The van der Waals surface area contributed by atoms with Crippen molar-refractivity contribution in [1.29, 1.82) is 0 Å². The van der Waals surface area contributed by atoms with E-state index in [2.05, 4.69) is 5.32 Å². The summed E-state index contributed by atoms with van der Waals surface area (Å²) in [6.07, 6.45) is 4.43. The molecule has 1 aliphatic heterocycles. The molecule has 1 aromatic carbocycles. The number of benzene rings is 1. The molecular formula is C30H42FN5O7. The lowest BCUT2D eigenvalue weighted by atomic mass is 9.95. The second kappa shape index (κ2) is 12.8. The van der Waals surface area contributed by atoms with Crippen molar-refractivity contribution in [2.24, 2.45) is 0 Å². The van der Waals surface area contributed by atoms with Crippen LogP contribution in [0.4, 0.5) is 14.9 Å². The van der Waals surface area contributed by atoms with Crippen LogP contribution < -0.4 is 16.6 Å². The minimum atomic E-state index is -1.17. The number of nitrogens with zero attached hydrogens (tertiary/aromatic N) is 4. The predicted molar refractivity (Wildman–Crippen MR) is 159 cm³/mol. The van der Waals surface area contributed by atoms with Crippen LogP contribution in [0.25, 0.3) is 10.9 Å². The molecule has 2 fully saturated rings. The second-order valence-electron chi connectivity index (χ2n) is 12.5. The van der Waals surface area contributed by atoms with Gasteiger partial charge in [-0.3, -0.25) is 18.7 Å². The molecular weight excluding hydrogens is 561 g/mol. The molecule has 2 aliphatic rings. The van der Waals surface area contributed by atoms with E-state index < -0.39 is 59.3 Å². The molecule has 2 amide bonds. The van der Waals surface area contributed by atoms with Crippen LogP contribution in [-0.2, 0) is 25.6 Å². The van der Waals surface area contributed by atoms with Gasteiger partial charge >= 0.3 is 17.8 Å². The number of aromatic nitrogens is 2. The molecule has 43 heavy (non-hydrogen) atoms. The van der Waals surface area contributed by atoms with Gasteiger partial charge in [0.05, 0.1) is 30.2 Å². The van der Waals surface area contributed by atoms with Gasteiger partial charge in [-0.15, -0.1) is 0 Å². The molecule has 1 saturated heterocycles. The molecule has 1 N–H and O–H groups in total. The van der Waals surface area contributed by atoms with E-state index in [-0.39, 0.29) is 42.3 Å². The number of carbonyl (C=O) groups excluding carboxylic acids is 3. The zero-order valence-electron chi connectivity index (χ0n) is 25.8. The van der Waals surface area contributed by atoms with Gasteiger partial charge in [0.1, 0.15) is 24.0 Å². The summed E-state index contributed by atoms with van der Waals surface area (Å²) < 4.78 is 27.7. The number of fused-ring (bicyclic) bond motifs is 1. The molecule has 0 radical (unpaired) electrons. The zero-order chi connectivity index (χ0) is 31.6. The average Bonchev–Trinajstić information content (AvgIpc) is 2.95. The summed E-state index contributed by atoms with van der Waals surface area (Å²) in [6.45, 7) is 7.83. The Morgan fingerprint density at radius 2 is 1.74 bits per heavy atom. The number of nitrogens with one attached hydrogen (secondary N) is 1. The molecule has 1 aromatic heterocycles. The summed E-state index contributed by atoms with van der Waals surface area (Å²) in [5.74, 6) is -2.07. The van der Waals surface area contributed by atoms with E-state index in [4.69, 9.17) is 9.47 Å². The van der Waals surface area contributed by atoms with Crippen molar-refractivity contribution < 1.29 is 28.2 Å². The van der Waals surface area contributed by atoms with E-state index in [9.17, 15) is 24.0 Å². The Hall–Kier alpha value is -3.90. The summed E-state index contributed by atoms with van der Waals surface area (Å²) in [4.78, 5) is 68.6. The lowest BCUT2D eigenvalue weighted by Gasteiger charge is -2.40. The Kier molecular flexibility index (Phi) is 9.50. The van der Waals surface area contributed by atoms with Crippen LogP contribution in [0, 0.1) is 5.82 Å². The molecule has 1 atom stereocenters. The fourth-order valence-corrected chi connectivity index (χ4v) is 5.75. The minimum absolute atomic E-state index is 0.0351. The van der Waals surface area contributed by atoms with Gasteiger partial charge < -0.3 is 24.6 Å². The van der Waals surface area contributed by atoms with Crippen LogP contribution in [0.5, 0.6) is 0 Å². The smallest absolute Gasteiger partial charge is 0.410 e. The van der Waals surface area contributed by atoms with E-state index in [0.29, 0.717) is 0 Å². The highest BCUT2D eigenvalue weighted by molar-refractivity contribution is 5.86. The molecule has 2 heterocycles. The number of halogens is 1. The maximum absolute atomic E-state index is 15.3. The molecule has 13 heteroatoms. The predicted octanol–water partition coefficient (Wildman–Crippen LogP) is 3.25. The highest BCUT2D eigenvalue weighted by atomic mass is 19.1. The van der Waals surface area contributed by atoms with Crippen molar-refractivity contribution in [2.45, 2.75) is 97.0 Å². The number of amides is 2. The molecule has 0 spiro atoms. The SMILES string of the molecule is COC(=O)C1CN(C(=O)OC(C)(C)C)CCN1C(=O)Cn1c(=O)c2cc(F)c(NC3CCCCC3)cc2n(C(C)C)c1=O. The Labute approximate surface area is 249 Å². The van der Waals surface area contributed by atoms with Crippen molar-refractivity contribution in [3.63, 3.8) is 0 Å². The third kappa shape index (κ3) is 7.02. The first kappa shape index (κ1) is 32.0. The molecule has 1 saturated carbocycles. The van der Waals surface area contributed by atoms with E-state index in [1.165, 1.54) is 27.5 Å². The first-order chi connectivity index (χ1) is 20.2. The number of anilines is 1. The number of carbonyl (C=O) groups is 3. The topological polar surface area (TPSA) is 132 Å². The van der Waals surface area contributed by atoms with Gasteiger partial charge in [-0.2, -0.15) is 0 Å². The number of hydrogen-bond acceptors (Lipinski definition) is 8. The first-order valence-electron chi connectivity index (χ1n) is 14.8. The zero-order valence-corrected chi connectivity index (χ0v) is 25.8. The van der Waals surface area contributed by atoms with E-state index in [0.717, 1.165) is 42.7 Å². The van der Waals surface area contributed by atoms with Gasteiger partial charge in [0.25, 0.3) is 5.56 Å². The Bertz CT molecular complexity index is 1500. The quantitative estimate of drug-likeness (QED) is 0.498. The lowest BCUT2D eigenvalue weighted by Crippen LogP contribution is -2.61. The van der Waals surface area contributed by atoms with Gasteiger partial charge in [-0.1, -0.05) is 19.3 Å². The highest BCUT2D eigenvalue weighted by Crippen LogP contribution is 2.27. The molecule has 0 bridgehead atoms. The summed E-state index contributed by atoms with van der Waals surface area (Å²) in [5, 5.41) is 3.21. The monoisotopic (exact) mass is 603 g/mol. The highest BCUT2D eigenvalue weighted by Gasteiger charge is 2.39. The van der Waals surface area contributed by atoms with Crippen molar-refractivity contribution in [2.75, 3.05) is 32.1 Å². The molecule has 4 rings (SSSR count). The fourth-order valence-electron chi connectivity index (χ4n) is 5.75. The van der Waals surface area contributed by atoms with E-state index in [1.807, 2.05) is 0 Å². The number of rotatable bonds is 6. The number of methoxy groups -OCH3 is 1. The van der Waals surface area contributed by atoms with Crippen LogP contribution in [0.2, 0.25) is 0 Å². The standard InChI is InChI=1S/C30H42FN5O7/c1-18(2)36-23-15-22(32-19-10-8-7-9-11-19)21(31)14-20(23)26(38)35(28(36)40)17-25(37)34-13-12-33(16-24(34)27(39)42-6)29(41)43-30(3,4)5/h14-15,18-19,24,32H,7-13,16-17H2,1-6H3. The number of hydrogen-bond donors (Lipinski definition) is 1. The van der Waals surface area contributed by atoms with Gasteiger partial charge in [0, 0.05) is 25.2 Å². The van der Waals surface area contributed by atoms with E-state index in [1.54, 1.807) is 34.6 Å². The largest absolute Gasteiger partial charge is 0.467 e. The molecule has 1 aliphatic carbocycles. The summed E-state index contributed by atoms with van der Waals surface area (Å²) in [6, 6.07) is 1.13. The summed E-state index contributed by atoms with van der Waals surface area (Å²) in [5.41, 5.74) is -1.80. The third-order valence-electron chi connectivity index (χ3n) is 7.86. The number of piperazine rings is 1. The van der Waals surface area contributed by atoms with Crippen LogP contribution >= 0.6 is 0 Å². The molecule has 1 unspecified atom stereocenters. The maximum atomic E-state index is 15.3. The van der Waals surface area contributed by atoms with Crippen LogP contribution in [0.1, 0.15) is 72.8 Å². The normalized spacial score (nSPS) is 18.2. The van der Waals surface area contributed by atoms with Crippen molar-refractivity contribution in [3.8, 4) is 0 Å². The number of esters is 1. The summed E-state index contributed by atoms with van der Waals surface area (Å²) >= 11 is 0. The molecule has 12 nitrogen and oxygen atoms in total. The van der Waals surface area contributed by atoms with Crippen LogP contribution in [0.3, 0.4) is 0 Å². The lowest BCUT2D eigenvalue weighted by molar-refractivity contribution is -0.156. The fraction of sp³-hybridized carbons (Fsp3) is 0.633. The summed E-state index contributed by atoms with van der Waals surface area (Å²) in [7, 11) is 1.17. The van der Waals surface area contributed by atoms with Gasteiger partial charge in [-0.25, -0.2) is 18.8 Å². The Morgan fingerprint density at radius 1 is 1.07 bits per heavy atom. The maximum Gasteiger partial charge on any atom is 0.410 e. The van der Waals surface area contributed by atoms with Gasteiger partial charge in [0.2, 0.25) is 5.91 Å². The first-order valence-corrected chi connectivity index (χ1v) is 14.8. The van der Waals surface area contributed by atoms with Crippen LogP contribution in [0.15, 0.2) is 21.7 Å². The van der Waals surface area contributed by atoms with E-state index >= 15 is 4.39 Å². The van der Waals surface area contributed by atoms with Gasteiger partial charge in [0.15, 0.2) is 0 Å². The van der Waals surface area contributed by atoms with Gasteiger partial charge in [-0.05, 0) is 59.6 Å². The molecule has 2 aromatic rings. The Morgan fingerprint density at radius 3 is 2.35 bits per heavy atom. The number of ether oxygens (including phenoxy) is 2. The average molecular weight is 604 g/mol. The van der Waals surface area contributed by atoms with Crippen molar-refractivity contribution in [1.82, 2.24) is 18.9 Å². The van der Waals surface area contributed by atoms with Crippen molar-refractivity contribution >= 4 is 34.6 Å².